The predicted molar refractivity (Wildman–Crippen MR) is 76.5 cm³/mol. The van der Waals surface area contributed by atoms with Crippen LogP contribution in [0.3, 0.4) is 0 Å². The third-order valence-electron chi connectivity index (χ3n) is 3.48. The van der Waals surface area contributed by atoms with Gasteiger partial charge in [-0.3, -0.25) is 5.32 Å². The van der Waals surface area contributed by atoms with Crippen LogP contribution in [0, 0.1) is 5.92 Å². The van der Waals surface area contributed by atoms with Gasteiger partial charge in [0.05, 0.1) is 12.1 Å². The van der Waals surface area contributed by atoms with Gasteiger partial charge in [0, 0.05) is 11.1 Å². The zero-order valence-electron chi connectivity index (χ0n) is 11.4. The maximum atomic E-state index is 11.9. The lowest BCUT2D eigenvalue weighted by Gasteiger charge is -2.28. The summed E-state index contributed by atoms with van der Waals surface area (Å²) in [5.74, 6) is 0.384. The van der Waals surface area contributed by atoms with Crippen molar-refractivity contribution in [2.75, 3.05) is 11.9 Å². The summed E-state index contributed by atoms with van der Waals surface area (Å²) < 4.78 is 0. The Balaban J connectivity index is 1.89. The molecule has 1 aliphatic rings. The van der Waals surface area contributed by atoms with Gasteiger partial charge in [0.25, 0.3) is 0 Å². The van der Waals surface area contributed by atoms with E-state index in [2.05, 4.69) is 22.5 Å². The van der Waals surface area contributed by atoms with Crippen molar-refractivity contribution in [2.45, 2.75) is 45.1 Å². The molecular weight excluding hydrogens is 262 g/mol. The van der Waals surface area contributed by atoms with Gasteiger partial charge in [-0.1, -0.05) is 13.3 Å². The van der Waals surface area contributed by atoms with E-state index in [1.807, 2.05) is 6.92 Å². The van der Waals surface area contributed by atoms with E-state index in [0.717, 1.165) is 25.7 Å². The highest BCUT2D eigenvalue weighted by molar-refractivity contribution is 7.15. The predicted octanol–water partition coefficient (Wildman–Crippen LogP) is 2.38. The van der Waals surface area contributed by atoms with Gasteiger partial charge in [0.15, 0.2) is 5.13 Å². The fourth-order valence-electron chi connectivity index (χ4n) is 2.11. The minimum Gasteiger partial charge on any atom is -0.394 e. The quantitative estimate of drug-likeness (QED) is 0.750. The number of rotatable bonds is 6. The Hall–Kier alpha value is -1.14. The van der Waals surface area contributed by atoms with E-state index in [9.17, 15) is 9.90 Å². The summed E-state index contributed by atoms with van der Waals surface area (Å²) in [5, 5.41) is 15.6. The normalized spacial score (nSPS) is 17.8. The molecule has 3 N–H and O–H groups in total. The minimum absolute atomic E-state index is 0.0377. The molecule has 0 spiro atoms. The number of aryl methyl sites for hydroxylation is 1. The lowest BCUT2D eigenvalue weighted by Crippen LogP contribution is -2.52. The third-order valence-corrected chi connectivity index (χ3v) is 4.45. The molecule has 1 heterocycles. The number of nitrogens with zero attached hydrogens (tertiary/aromatic N) is 1. The second kappa shape index (κ2) is 5.88. The van der Waals surface area contributed by atoms with Crippen molar-refractivity contribution in [3.8, 4) is 0 Å². The highest BCUT2D eigenvalue weighted by atomic mass is 32.1. The van der Waals surface area contributed by atoms with Crippen LogP contribution < -0.4 is 10.6 Å². The number of amides is 2. The Kier molecular flexibility index (Phi) is 4.42. The molecular formula is C13H21N3O2S. The molecule has 19 heavy (non-hydrogen) atoms. The van der Waals surface area contributed by atoms with Gasteiger partial charge >= 0.3 is 6.03 Å². The average Bonchev–Trinajstić information content (AvgIpc) is 3.14. The molecule has 106 valence electrons. The Morgan fingerprint density at radius 2 is 2.37 bits per heavy atom. The highest BCUT2D eigenvalue weighted by Gasteiger charge is 2.42. The van der Waals surface area contributed by atoms with E-state index < -0.39 is 5.54 Å². The van der Waals surface area contributed by atoms with Gasteiger partial charge in [0.2, 0.25) is 0 Å². The van der Waals surface area contributed by atoms with Gasteiger partial charge in [-0.2, -0.15) is 0 Å². The van der Waals surface area contributed by atoms with Crippen molar-refractivity contribution >= 4 is 22.5 Å². The maximum absolute atomic E-state index is 11.9. The summed E-state index contributed by atoms with van der Waals surface area (Å²) in [6.07, 6.45) is 5.98. The topological polar surface area (TPSA) is 74.2 Å². The molecule has 0 aromatic carbocycles. The Labute approximate surface area is 117 Å². The smallest absolute Gasteiger partial charge is 0.321 e. The summed E-state index contributed by atoms with van der Waals surface area (Å²) >= 11 is 1.50. The van der Waals surface area contributed by atoms with Gasteiger partial charge in [0.1, 0.15) is 0 Å². The average molecular weight is 283 g/mol. The van der Waals surface area contributed by atoms with Crippen LogP contribution in [-0.2, 0) is 6.42 Å². The molecule has 1 fully saturated rings. The second-order valence-corrected chi connectivity index (χ2v) is 6.43. The first-order chi connectivity index (χ1) is 9.07. The number of aliphatic hydroxyl groups excluding tert-OH is 1. The van der Waals surface area contributed by atoms with Gasteiger partial charge in [-0.05, 0) is 32.1 Å². The van der Waals surface area contributed by atoms with Crippen molar-refractivity contribution in [2.24, 2.45) is 5.92 Å². The molecule has 1 atom stereocenters. The summed E-state index contributed by atoms with van der Waals surface area (Å²) in [6.45, 7) is 3.96. The van der Waals surface area contributed by atoms with E-state index in [4.69, 9.17) is 0 Å². The summed E-state index contributed by atoms with van der Waals surface area (Å²) in [7, 11) is 0. The summed E-state index contributed by atoms with van der Waals surface area (Å²) in [5.41, 5.74) is -0.520. The number of carbonyl (C=O) groups excluding carboxylic acids is 1. The van der Waals surface area contributed by atoms with Crippen LogP contribution >= 0.6 is 11.3 Å². The minimum atomic E-state index is -0.520. The first kappa shape index (κ1) is 14.3. The molecule has 0 radical (unpaired) electrons. The maximum Gasteiger partial charge on any atom is 0.321 e. The van der Waals surface area contributed by atoms with Crippen LogP contribution in [0.4, 0.5) is 9.93 Å². The number of hydrogen-bond donors (Lipinski definition) is 3. The van der Waals surface area contributed by atoms with Gasteiger partial charge in [-0.15, -0.1) is 11.3 Å². The molecule has 2 amide bonds. The van der Waals surface area contributed by atoms with Crippen molar-refractivity contribution in [3.63, 3.8) is 0 Å². The van der Waals surface area contributed by atoms with Gasteiger partial charge in [-0.25, -0.2) is 9.78 Å². The molecule has 6 heteroatoms. The molecule has 0 bridgehead atoms. The Morgan fingerprint density at radius 1 is 1.63 bits per heavy atom. The van der Waals surface area contributed by atoms with Crippen molar-refractivity contribution in [3.05, 3.63) is 11.1 Å². The molecule has 1 saturated carbocycles. The number of nitrogens with one attached hydrogen (secondary N) is 2. The van der Waals surface area contributed by atoms with Crippen LogP contribution in [-0.4, -0.2) is 28.3 Å². The molecule has 0 saturated heterocycles. The molecule has 2 rings (SSSR count). The lowest BCUT2D eigenvalue weighted by atomic mass is 9.97. The number of urea groups is 1. The monoisotopic (exact) mass is 283 g/mol. The summed E-state index contributed by atoms with van der Waals surface area (Å²) in [6, 6.07) is -0.291. The van der Waals surface area contributed by atoms with Crippen molar-refractivity contribution in [1.82, 2.24) is 10.3 Å². The summed E-state index contributed by atoms with van der Waals surface area (Å²) in [4.78, 5) is 17.3. The highest BCUT2D eigenvalue weighted by Crippen LogP contribution is 2.39. The third kappa shape index (κ3) is 3.67. The standard InChI is InChI=1S/C13H21N3O2S/c1-3-4-10-7-14-12(19-10)15-11(18)16-13(2,8-17)9-5-6-9/h7,9,17H,3-6,8H2,1-2H3,(H2,14,15,16,18). The molecule has 1 aromatic heterocycles. The van der Waals surface area contributed by atoms with E-state index in [1.165, 1.54) is 16.2 Å². The number of aromatic nitrogens is 1. The van der Waals surface area contributed by atoms with Gasteiger partial charge < -0.3 is 10.4 Å². The van der Waals surface area contributed by atoms with Crippen LogP contribution in [0.5, 0.6) is 0 Å². The zero-order chi connectivity index (χ0) is 13.9. The first-order valence-electron chi connectivity index (χ1n) is 6.72. The Morgan fingerprint density at radius 3 is 2.95 bits per heavy atom. The van der Waals surface area contributed by atoms with Crippen molar-refractivity contribution in [1.29, 1.82) is 0 Å². The number of carbonyl (C=O) groups is 1. The fraction of sp³-hybridized carbons (Fsp3) is 0.692. The number of hydrogen-bond acceptors (Lipinski definition) is 4. The molecule has 0 aliphatic heterocycles. The van der Waals surface area contributed by atoms with E-state index in [-0.39, 0.29) is 12.6 Å². The van der Waals surface area contributed by atoms with Crippen LogP contribution in [0.25, 0.3) is 0 Å². The Bertz CT molecular complexity index is 445. The largest absolute Gasteiger partial charge is 0.394 e. The van der Waals surface area contributed by atoms with E-state index >= 15 is 0 Å². The van der Waals surface area contributed by atoms with E-state index in [1.54, 1.807) is 6.20 Å². The number of aliphatic hydroxyl groups is 1. The number of thiazole rings is 1. The molecule has 5 nitrogen and oxygen atoms in total. The van der Waals surface area contributed by atoms with Crippen LogP contribution in [0.15, 0.2) is 6.20 Å². The number of anilines is 1. The second-order valence-electron chi connectivity index (χ2n) is 5.31. The molecule has 1 unspecified atom stereocenters. The van der Waals surface area contributed by atoms with Crippen LogP contribution in [0.1, 0.15) is 38.0 Å². The van der Waals surface area contributed by atoms with Crippen molar-refractivity contribution < 1.29 is 9.90 Å². The first-order valence-corrected chi connectivity index (χ1v) is 7.53. The van der Waals surface area contributed by atoms with Crippen LogP contribution in [0.2, 0.25) is 0 Å². The molecule has 1 aromatic rings. The molecule has 1 aliphatic carbocycles. The van der Waals surface area contributed by atoms with E-state index in [0.29, 0.717) is 11.0 Å². The fourth-order valence-corrected chi connectivity index (χ4v) is 3.02. The zero-order valence-corrected chi connectivity index (χ0v) is 12.2. The SMILES string of the molecule is CCCc1cnc(NC(=O)NC(C)(CO)C2CC2)s1. The lowest BCUT2D eigenvalue weighted by molar-refractivity contribution is 0.159.